The number of rotatable bonds is 6. The smallest absolute Gasteiger partial charge is 0.253 e. The van der Waals surface area contributed by atoms with Gasteiger partial charge in [0.05, 0.1) is 11.2 Å². The average Bonchev–Trinajstić information content (AvgIpc) is 2.97. The minimum atomic E-state index is 0.0165. The summed E-state index contributed by atoms with van der Waals surface area (Å²) in [5.41, 5.74) is 3.32. The van der Waals surface area contributed by atoms with Gasteiger partial charge < -0.3 is 9.64 Å². The van der Waals surface area contributed by atoms with Crippen molar-refractivity contribution in [3.05, 3.63) is 46.4 Å². The van der Waals surface area contributed by atoms with E-state index in [9.17, 15) is 4.79 Å². The number of hydrogen-bond donors (Lipinski definition) is 0. The first-order valence-corrected chi connectivity index (χ1v) is 7.86. The molecule has 0 saturated carbocycles. The van der Waals surface area contributed by atoms with Crippen molar-refractivity contribution < 1.29 is 9.53 Å². The largest absolute Gasteiger partial charge is 0.487 e. The Morgan fingerprint density at radius 2 is 2.24 bits per heavy atom. The first kappa shape index (κ1) is 15.5. The molecule has 0 radical (unpaired) electrons. The summed E-state index contributed by atoms with van der Waals surface area (Å²) in [6.45, 7) is 5.35. The van der Waals surface area contributed by atoms with Crippen LogP contribution in [0.1, 0.15) is 29.9 Å². The van der Waals surface area contributed by atoms with E-state index in [0.29, 0.717) is 23.8 Å². The Morgan fingerprint density at radius 1 is 1.43 bits per heavy atom. The molecule has 0 bridgehead atoms. The van der Waals surface area contributed by atoms with Crippen molar-refractivity contribution >= 4 is 17.2 Å². The summed E-state index contributed by atoms with van der Waals surface area (Å²) < 4.78 is 5.68. The number of thiazole rings is 1. The third-order valence-electron chi connectivity index (χ3n) is 2.94. The monoisotopic (exact) mass is 304 g/mol. The second kappa shape index (κ2) is 7.22. The van der Waals surface area contributed by atoms with E-state index in [2.05, 4.69) is 18.8 Å². The zero-order valence-electron chi connectivity index (χ0n) is 12.6. The quantitative estimate of drug-likeness (QED) is 0.821. The van der Waals surface area contributed by atoms with Crippen molar-refractivity contribution in [2.45, 2.75) is 20.5 Å². The maximum Gasteiger partial charge on any atom is 0.253 e. The van der Waals surface area contributed by atoms with E-state index < -0.39 is 0 Å². The fourth-order valence-corrected chi connectivity index (χ4v) is 2.58. The zero-order chi connectivity index (χ0) is 15.2. The maximum atomic E-state index is 12.3. The van der Waals surface area contributed by atoms with Crippen LogP contribution in [0.3, 0.4) is 0 Å². The van der Waals surface area contributed by atoms with Gasteiger partial charge in [0.1, 0.15) is 12.4 Å². The molecule has 21 heavy (non-hydrogen) atoms. The number of amides is 1. The maximum absolute atomic E-state index is 12.3. The minimum Gasteiger partial charge on any atom is -0.487 e. The summed E-state index contributed by atoms with van der Waals surface area (Å²) in [5, 5.41) is 1.95. The highest BCUT2D eigenvalue weighted by molar-refractivity contribution is 7.07. The molecule has 1 amide bonds. The van der Waals surface area contributed by atoms with Crippen LogP contribution in [0.15, 0.2) is 35.2 Å². The predicted molar refractivity (Wildman–Crippen MR) is 84.7 cm³/mol. The molecule has 0 saturated heterocycles. The Bertz CT molecular complexity index is 582. The Balaban J connectivity index is 2.01. The third kappa shape index (κ3) is 4.56. The number of benzene rings is 1. The van der Waals surface area contributed by atoms with Gasteiger partial charge in [-0.25, -0.2) is 4.98 Å². The van der Waals surface area contributed by atoms with E-state index in [-0.39, 0.29) is 5.91 Å². The van der Waals surface area contributed by atoms with Gasteiger partial charge >= 0.3 is 0 Å². The molecule has 0 unspecified atom stereocenters. The first-order chi connectivity index (χ1) is 10.1. The Kier molecular flexibility index (Phi) is 5.33. The molecule has 1 aromatic heterocycles. The topological polar surface area (TPSA) is 42.4 Å². The normalized spacial score (nSPS) is 10.7. The SMILES string of the molecule is CC(C)CN(C)C(=O)c1cccc(OCc2cscn2)c1. The van der Waals surface area contributed by atoms with Gasteiger partial charge in [0.15, 0.2) is 0 Å². The van der Waals surface area contributed by atoms with Gasteiger partial charge in [-0.3, -0.25) is 4.79 Å². The molecule has 0 spiro atoms. The zero-order valence-corrected chi connectivity index (χ0v) is 13.4. The number of carbonyl (C=O) groups is 1. The number of aromatic nitrogens is 1. The molecule has 0 N–H and O–H groups in total. The lowest BCUT2D eigenvalue weighted by Gasteiger charge is -2.19. The molecule has 5 heteroatoms. The van der Waals surface area contributed by atoms with Crippen LogP contribution in [0.5, 0.6) is 5.75 Å². The van der Waals surface area contributed by atoms with Crippen molar-refractivity contribution in [3.63, 3.8) is 0 Å². The number of ether oxygens (including phenoxy) is 1. The summed E-state index contributed by atoms with van der Waals surface area (Å²) in [5.74, 6) is 1.15. The molecule has 0 aliphatic heterocycles. The van der Waals surface area contributed by atoms with Gasteiger partial charge in [-0.2, -0.15) is 0 Å². The van der Waals surface area contributed by atoms with Crippen LogP contribution in [0.4, 0.5) is 0 Å². The summed E-state index contributed by atoms with van der Waals surface area (Å²) in [4.78, 5) is 18.2. The highest BCUT2D eigenvalue weighted by Gasteiger charge is 2.13. The first-order valence-electron chi connectivity index (χ1n) is 6.91. The fourth-order valence-electron chi connectivity index (χ4n) is 2.04. The summed E-state index contributed by atoms with van der Waals surface area (Å²) in [7, 11) is 1.82. The molecule has 2 aromatic rings. The van der Waals surface area contributed by atoms with Crippen LogP contribution < -0.4 is 4.74 Å². The van der Waals surface area contributed by atoms with E-state index in [1.54, 1.807) is 27.8 Å². The Labute approximate surface area is 129 Å². The van der Waals surface area contributed by atoms with Crippen LogP contribution in [0.25, 0.3) is 0 Å². The van der Waals surface area contributed by atoms with Gasteiger partial charge in [0, 0.05) is 24.5 Å². The number of hydrogen-bond acceptors (Lipinski definition) is 4. The lowest BCUT2D eigenvalue weighted by atomic mass is 10.1. The van der Waals surface area contributed by atoms with E-state index in [0.717, 1.165) is 12.2 Å². The lowest BCUT2D eigenvalue weighted by Crippen LogP contribution is -2.30. The second-order valence-electron chi connectivity index (χ2n) is 5.38. The van der Waals surface area contributed by atoms with Crippen molar-refractivity contribution in [1.82, 2.24) is 9.88 Å². The second-order valence-corrected chi connectivity index (χ2v) is 6.09. The minimum absolute atomic E-state index is 0.0165. The molecule has 0 atom stereocenters. The van der Waals surface area contributed by atoms with Crippen LogP contribution in [-0.4, -0.2) is 29.4 Å². The molecule has 0 aliphatic carbocycles. The number of nitrogens with zero attached hydrogens (tertiary/aromatic N) is 2. The van der Waals surface area contributed by atoms with E-state index in [1.165, 1.54) is 0 Å². The molecular formula is C16H20N2O2S. The van der Waals surface area contributed by atoms with Crippen molar-refractivity contribution in [2.75, 3.05) is 13.6 Å². The lowest BCUT2D eigenvalue weighted by molar-refractivity contribution is 0.0778. The Hall–Kier alpha value is -1.88. The highest BCUT2D eigenvalue weighted by Crippen LogP contribution is 2.17. The summed E-state index contributed by atoms with van der Waals surface area (Å²) in [6.07, 6.45) is 0. The predicted octanol–water partition coefficient (Wildman–Crippen LogP) is 3.45. The standard InChI is InChI=1S/C16H20N2O2S/c1-12(2)8-18(3)16(19)13-5-4-6-15(7-13)20-9-14-10-21-11-17-14/h4-7,10-12H,8-9H2,1-3H3. The van der Waals surface area contributed by atoms with Crippen LogP contribution in [0, 0.1) is 5.92 Å². The van der Waals surface area contributed by atoms with Crippen LogP contribution in [-0.2, 0) is 6.61 Å². The van der Waals surface area contributed by atoms with Crippen LogP contribution in [0.2, 0.25) is 0 Å². The number of carbonyl (C=O) groups excluding carboxylic acids is 1. The van der Waals surface area contributed by atoms with E-state index in [1.807, 2.05) is 30.6 Å². The highest BCUT2D eigenvalue weighted by atomic mass is 32.1. The van der Waals surface area contributed by atoms with Gasteiger partial charge in [0.2, 0.25) is 0 Å². The Morgan fingerprint density at radius 3 is 2.90 bits per heavy atom. The summed E-state index contributed by atoms with van der Waals surface area (Å²) in [6, 6.07) is 7.29. The molecule has 0 aliphatic rings. The molecular weight excluding hydrogens is 284 g/mol. The molecule has 4 nitrogen and oxygen atoms in total. The average molecular weight is 304 g/mol. The molecule has 112 valence electrons. The molecule has 1 aromatic carbocycles. The molecule has 1 heterocycles. The van der Waals surface area contributed by atoms with Gasteiger partial charge in [-0.05, 0) is 24.1 Å². The van der Waals surface area contributed by atoms with E-state index in [4.69, 9.17) is 4.74 Å². The van der Waals surface area contributed by atoms with Crippen molar-refractivity contribution in [1.29, 1.82) is 0 Å². The van der Waals surface area contributed by atoms with E-state index >= 15 is 0 Å². The molecule has 0 fully saturated rings. The third-order valence-corrected chi connectivity index (χ3v) is 3.57. The van der Waals surface area contributed by atoms with Crippen molar-refractivity contribution in [2.24, 2.45) is 5.92 Å². The molecule has 2 rings (SSSR count). The van der Waals surface area contributed by atoms with Crippen molar-refractivity contribution in [3.8, 4) is 5.75 Å². The summed E-state index contributed by atoms with van der Waals surface area (Å²) >= 11 is 1.54. The van der Waals surface area contributed by atoms with Gasteiger partial charge in [-0.1, -0.05) is 19.9 Å². The van der Waals surface area contributed by atoms with Gasteiger partial charge in [-0.15, -0.1) is 11.3 Å². The fraction of sp³-hybridized carbons (Fsp3) is 0.375. The van der Waals surface area contributed by atoms with Crippen LogP contribution >= 0.6 is 11.3 Å². The van der Waals surface area contributed by atoms with Gasteiger partial charge in [0.25, 0.3) is 5.91 Å².